The van der Waals surface area contributed by atoms with E-state index in [1.165, 1.54) is 6.42 Å². The lowest BCUT2D eigenvalue weighted by Gasteiger charge is -2.33. The fourth-order valence-corrected chi connectivity index (χ4v) is 5.51. The topological polar surface area (TPSA) is 58.6 Å². The molecule has 0 saturated heterocycles. The van der Waals surface area contributed by atoms with Gasteiger partial charge in [-0.3, -0.25) is 9.59 Å². The van der Waals surface area contributed by atoms with Crippen molar-refractivity contribution in [1.82, 2.24) is 10.2 Å². The summed E-state index contributed by atoms with van der Waals surface area (Å²) in [5.74, 6) is 0.602. The molecule has 3 aromatic carbocycles. The van der Waals surface area contributed by atoms with E-state index in [0.29, 0.717) is 13.0 Å². The van der Waals surface area contributed by atoms with Gasteiger partial charge in [0.05, 0.1) is 13.5 Å². The Balaban J connectivity index is 1.68. The number of aryl methyl sites for hydroxylation is 2. The van der Waals surface area contributed by atoms with Crippen LogP contribution in [0.4, 0.5) is 0 Å². The summed E-state index contributed by atoms with van der Waals surface area (Å²) in [6.45, 7) is 4.42. The fraction of sp³-hybridized carbons (Fsp3) is 0.394. The molecule has 1 N–H and O–H groups in total. The van der Waals surface area contributed by atoms with E-state index in [-0.39, 0.29) is 24.3 Å². The number of carbonyl (C=O) groups excluding carboxylic acids is 2. The molecule has 0 bridgehead atoms. The van der Waals surface area contributed by atoms with Crippen LogP contribution in [-0.2, 0) is 29.0 Å². The number of amides is 2. The number of nitrogens with one attached hydrogen (secondary N) is 1. The van der Waals surface area contributed by atoms with Gasteiger partial charge in [0.2, 0.25) is 11.8 Å². The summed E-state index contributed by atoms with van der Waals surface area (Å²) in [6, 6.07) is 23.5. The minimum atomic E-state index is -0.621. The molecule has 5 nitrogen and oxygen atoms in total. The Morgan fingerprint density at radius 3 is 2.24 bits per heavy atom. The number of carbonyl (C=O) groups is 2. The average molecular weight is 513 g/mol. The first-order valence-electron chi connectivity index (χ1n) is 13.7. The van der Waals surface area contributed by atoms with Crippen molar-refractivity contribution < 1.29 is 14.3 Å². The van der Waals surface area contributed by atoms with Crippen LogP contribution in [0.5, 0.6) is 5.75 Å². The van der Waals surface area contributed by atoms with E-state index >= 15 is 0 Å². The lowest BCUT2D eigenvalue weighted by Crippen LogP contribution is -2.53. The van der Waals surface area contributed by atoms with Crippen LogP contribution in [0.1, 0.15) is 59.9 Å². The summed E-state index contributed by atoms with van der Waals surface area (Å²) in [6.07, 6.45) is 6.18. The molecule has 5 heteroatoms. The minimum absolute atomic E-state index is 0.0578. The molecule has 38 heavy (non-hydrogen) atoms. The van der Waals surface area contributed by atoms with Crippen LogP contribution in [-0.4, -0.2) is 35.9 Å². The highest BCUT2D eigenvalue weighted by Gasteiger charge is 2.32. The Morgan fingerprint density at radius 1 is 0.868 bits per heavy atom. The van der Waals surface area contributed by atoms with E-state index < -0.39 is 6.04 Å². The second kappa shape index (κ2) is 13.3. The Labute approximate surface area is 227 Å². The van der Waals surface area contributed by atoms with E-state index in [1.54, 1.807) is 12.0 Å². The molecule has 2 amide bonds. The molecular formula is C33H40N2O3. The molecule has 1 aliphatic carbocycles. The van der Waals surface area contributed by atoms with Gasteiger partial charge in [-0.25, -0.2) is 0 Å². The van der Waals surface area contributed by atoms with Crippen molar-refractivity contribution in [1.29, 1.82) is 0 Å². The van der Waals surface area contributed by atoms with Crippen molar-refractivity contribution in [3.63, 3.8) is 0 Å². The number of ether oxygens (including phenoxy) is 1. The predicted octanol–water partition coefficient (Wildman–Crippen LogP) is 5.94. The van der Waals surface area contributed by atoms with Gasteiger partial charge in [-0.15, -0.1) is 0 Å². The molecule has 0 aliphatic heterocycles. The zero-order valence-electron chi connectivity index (χ0n) is 22.9. The van der Waals surface area contributed by atoms with Crippen molar-refractivity contribution >= 4 is 11.8 Å². The van der Waals surface area contributed by atoms with Crippen molar-refractivity contribution in [2.45, 2.75) is 77.4 Å². The lowest BCUT2D eigenvalue weighted by molar-refractivity contribution is -0.141. The maximum Gasteiger partial charge on any atom is 0.243 e. The number of hydrogen-bond acceptors (Lipinski definition) is 3. The van der Waals surface area contributed by atoms with Crippen LogP contribution in [0, 0.1) is 13.8 Å². The largest absolute Gasteiger partial charge is 0.497 e. The van der Waals surface area contributed by atoms with Gasteiger partial charge in [0.15, 0.2) is 0 Å². The molecule has 3 aromatic rings. The maximum atomic E-state index is 14.0. The Kier molecular flexibility index (Phi) is 9.58. The van der Waals surface area contributed by atoms with E-state index in [9.17, 15) is 9.59 Å². The Bertz CT molecular complexity index is 1200. The molecule has 1 saturated carbocycles. The number of nitrogens with zero attached hydrogens (tertiary/aromatic N) is 1. The zero-order valence-corrected chi connectivity index (χ0v) is 22.9. The summed E-state index contributed by atoms with van der Waals surface area (Å²) < 4.78 is 5.44. The van der Waals surface area contributed by atoms with Crippen LogP contribution < -0.4 is 10.1 Å². The van der Waals surface area contributed by atoms with Gasteiger partial charge in [0, 0.05) is 19.0 Å². The summed E-state index contributed by atoms with van der Waals surface area (Å²) in [5, 5.41) is 3.31. The third-order valence-electron chi connectivity index (χ3n) is 7.35. The molecule has 0 aromatic heterocycles. The number of rotatable bonds is 10. The zero-order chi connectivity index (χ0) is 26.9. The van der Waals surface area contributed by atoms with Crippen LogP contribution in [0.15, 0.2) is 72.8 Å². The molecule has 1 atom stereocenters. The molecular weight excluding hydrogens is 472 g/mol. The van der Waals surface area contributed by atoms with Crippen LogP contribution in [0.25, 0.3) is 0 Å². The molecule has 4 rings (SSSR count). The van der Waals surface area contributed by atoms with Gasteiger partial charge in [0.25, 0.3) is 0 Å². The highest BCUT2D eigenvalue weighted by atomic mass is 16.5. The number of hydrogen-bond donors (Lipinski definition) is 1. The quantitative estimate of drug-likeness (QED) is 0.366. The fourth-order valence-electron chi connectivity index (χ4n) is 5.51. The maximum absolute atomic E-state index is 14.0. The molecule has 0 unspecified atom stereocenters. The molecule has 0 radical (unpaired) electrons. The first kappa shape index (κ1) is 27.4. The summed E-state index contributed by atoms with van der Waals surface area (Å²) in [5.41, 5.74) is 5.19. The number of methoxy groups -OCH3 is 1. The van der Waals surface area contributed by atoms with Crippen LogP contribution in [0.3, 0.4) is 0 Å². The summed E-state index contributed by atoms with van der Waals surface area (Å²) in [7, 11) is 1.64. The van der Waals surface area contributed by atoms with Crippen molar-refractivity contribution in [2.75, 3.05) is 7.11 Å². The van der Waals surface area contributed by atoms with Gasteiger partial charge in [-0.1, -0.05) is 91.1 Å². The lowest BCUT2D eigenvalue weighted by atomic mass is 9.94. The molecule has 200 valence electrons. The third kappa shape index (κ3) is 7.70. The highest BCUT2D eigenvalue weighted by molar-refractivity contribution is 5.89. The highest BCUT2D eigenvalue weighted by Crippen LogP contribution is 2.22. The van der Waals surface area contributed by atoms with Crippen molar-refractivity contribution in [2.24, 2.45) is 0 Å². The SMILES string of the molecule is COc1cccc(CN(C(=O)Cc2cc(C)cc(C)c2)[C@@H](Cc2ccccc2)C(=O)NC2CCCCC2)c1. The first-order chi connectivity index (χ1) is 18.4. The second-order valence-electron chi connectivity index (χ2n) is 10.6. The minimum Gasteiger partial charge on any atom is -0.497 e. The van der Waals surface area contributed by atoms with E-state index in [4.69, 9.17) is 4.74 Å². The first-order valence-corrected chi connectivity index (χ1v) is 13.7. The van der Waals surface area contributed by atoms with Crippen molar-refractivity contribution in [3.05, 3.63) is 101 Å². The third-order valence-corrected chi connectivity index (χ3v) is 7.35. The van der Waals surface area contributed by atoms with Gasteiger partial charge in [-0.05, 0) is 55.5 Å². The van der Waals surface area contributed by atoms with Gasteiger partial charge < -0.3 is 15.0 Å². The number of benzene rings is 3. The Hall–Kier alpha value is -3.60. The standard InChI is InChI=1S/C33H40N2O3/c1-24-17-25(2)19-28(18-24)22-32(36)35(23-27-13-10-16-30(20-27)38-3)31(21-26-11-6-4-7-12-26)33(37)34-29-14-8-5-9-15-29/h4,6-7,10-13,16-20,29,31H,5,8-9,14-15,21-23H2,1-3H3,(H,34,37)/t31-/m0/s1. The molecule has 0 spiro atoms. The van der Waals surface area contributed by atoms with Crippen LogP contribution in [0.2, 0.25) is 0 Å². The molecule has 1 fully saturated rings. The summed E-state index contributed by atoms with van der Waals surface area (Å²) >= 11 is 0. The molecule has 0 heterocycles. The van der Waals surface area contributed by atoms with E-state index in [0.717, 1.165) is 59.3 Å². The normalized spacial score (nSPS) is 14.5. The smallest absolute Gasteiger partial charge is 0.243 e. The second-order valence-corrected chi connectivity index (χ2v) is 10.6. The van der Waals surface area contributed by atoms with E-state index in [2.05, 4.69) is 23.5 Å². The average Bonchev–Trinajstić information content (AvgIpc) is 2.91. The van der Waals surface area contributed by atoms with Gasteiger partial charge >= 0.3 is 0 Å². The van der Waals surface area contributed by atoms with Crippen molar-refractivity contribution in [3.8, 4) is 5.75 Å². The predicted molar refractivity (Wildman–Crippen MR) is 152 cm³/mol. The summed E-state index contributed by atoms with van der Waals surface area (Å²) in [4.78, 5) is 29.7. The Morgan fingerprint density at radius 2 is 1.55 bits per heavy atom. The van der Waals surface area contributed by atoms with Gasteiger partial charge in [0.1, 0.15) is 11.8 Å². The van der Waals surface area contributed by atoms with E-state index in [1.807, 2.05) is 68.4 Å². The monoisotopic (exact) mass is 512 g/mol. The van der Waals surface area contributed by atoms with Gasteiger partial charge in [-0.2, -0.15) is 0 Å². The van der Waals surface area contributed by atoms with Crippen LogP contribution >= 0.6 is 0 Å². The molecule has 1 aliphatic rings.